The first kappa shape index (κ1) is 10.6. The van der Waals surface area contributed by atoms with Gasteiger partial charge in [-0.25, -0.2) is 0 Å². The Labute approximate surface area is 102 Å². The van der Waals surface area contributed by atoms with Crippen molar-refractivity contribution in [1.29, 1.82) is 0 Å². The minimum atomic E-state index is 0.649. The van der Waals surface area contributed by atoms with Gasteiger partial charge in [0.1, 0.15) is 0 Å². The third-order valence-electron chi connectivity index (χ3n) is 3.47. The number of rotatable bonds is 3. The predicted octanol–water partition coefficient (Wildman–Crippen LogP) is 2.37. The lowest BCUT2D eigenvalue weighted by Crippen LogP contribution is -2.24. The van der Waals surface area contributed by atoms with Gasteiger partial charge in [-0.2, -0.15) is 0 Å². The van der Waals surface area contributed by atoms with Crippen LogP contribution in [0, 0.1) is 6.42 Å². The van der Waals surface area contributed by atoms with E-state index in [-0.39, 0.29) is 0 Å². The summed E-state index contributed by atoms with van der Waals surface area (Å²) in [6, 6.07) is 13.1. The number of anilines is 1. The van der Waals surface area contributed by atoms with Gasteiger partial charge in [-0.15, -0.1) is 0 Å². The molecule has 3 rings (SSSR count). The van der Waals surface area contributed by atoms with Gasteiger partial charge < -0.3 is 10.6 Å². The molecule has 2 N–H and O–H groups in total. The second kappa shape index (κ2) is 4.38. The maximum atomic E-state index is 5.56. The van der Waals surface area contributed by atoms with E-state index in [1.54, 1.807) is 0 Å². The molecule has 0 bridgehead atoms. The van der Waals surface area contributed by atoms with Gasteiger partial charge in [0, 0.05) is 24.2 Å². The van der Waals surface area contributed by atoms with Crippen molar-refractivity contribution in [2.45, 2.75) is 6.42 Å². The summed E-state index contributed by atoms with van der Waals surface area (Å²) in [4.78, 5) is 2.44. The molecule has 2 nitrogen and oxygen atoms in total. The monoisotopic (exact) mass is 225 g/mol. The maximum Gasteiger partial charge on any atom is 0.0479 e. The molecule has 0 atom stereocenters. The molecule has 0 amide bonds. The fourth-order valence-electron chi connectivity index (χ4n) is 2.66. The Morgan fingerprint density at radius 3 is 2.94 bits per heavy atom. The van der Waals surface area contributed by atoms with Crippen LogP contribution in [0.1, 0.15) is 5.56 Å². The lowest BCUT2D eigenvalue weighted by atomic mass is 10.0. The zero-order valence-electron chi connectivity index (χ0n) is 9.89. The molecule has 17 heavy (non-hydrogen) atoms. The predicted molar refractivity (Wildman–Crippen MR) is 73.2 cm³/mol. The molecule has 1 aliphatic rings. The van der Waals surface area contributed by atoms with Crippen LogP contribution in [0.4, 0.5) is 5.69 Å². The number of nitrogens with zero attached hydrogens (tertiary/aromatic N) is 1. The summed E-state index contributed by atoms with van der Waals surface area (Å²) in [6.07, 6.45) is 3.29. The largest absolute Gasteiger partial charge is 0.370 e. The number of hydrogen-bond donors (Lipinski definition) is 1. The molecular weight excluding hydrogens is 208 g/mol. The van der Waals surface area contributed by atoms with Crippen molar-refractivity contribution in [2.75, 3.05) is 24.5 Å². The van der Waals surface area contributed by atoms with E-state index in [9.17, 15) is 0 Å². The molecular formula is C15H17N2. The summed E-state index contributed by atoms with van der Waals surface area (Å²) in [5.41, 5.74) is 8.43. The summed E-state index contributed by atoms with van der Waals surface area (Å²) >= 11 is 0. The van der Waals surface area contributed by atoms with Crippen LogP contribution in [0.2, 0.25) is 0 Å². The van der Waals surface area contributed by atoms with Crippen molar-refractivity contribution in [1.82, 2.24) is 0 Å². The van der Waals surface area contributed by atoms with E-state index in [0.717, 1.165) is 19.5 Å². The second-order valence-electron chi connectivity index (χ2n) is 4.51. The molecule has 0 fully saturated rings. The van der Waals surface area contributed by atoms with Crippen molar-refractivity contribution in [3.63, 3.8) is 0 Å². The van der Waals surface area contributed by atoms with E-state index in [1.165, 1.54) is 22.0 Å². The zero-order valence-corrected chi connectivity index (χ0v) is 9.89. The van der Waals surface area contributed by atoms with Crippen LogP contribution in [-0.4, -0.2) is 19.6 Å². The highest BCUT2D eigenvalue weighted by Gasteiger charge is 2.20. The normalized spacial score (nSPS) is 14.3. The van der Waals surface area contributed by atoms with Gasteiger partial charge in [0.2, 0.25) is 0 Å². The van der Waals surface area contributed by atoms with Gasteiger partial charge in [-0.3, -0.25) is 0 Å². The summed E-state index contributed by atoms with van der Waals surface area (Å²) in [5, 5.41) is 2.69. The molecule has 0 aromatic heterocycles. The Balaban J connectivity index is 2.08. The van der Waals surface area contributed by atoms with Gasteiger partial charge in [0.05, 0.1) is 0 Å². The maximum absolute atomic E-state index is 5.56. The molecule has 1 aliphatic heterocycles. The molecule has 0 saturated carbocycles. The quantitative estimate of drug-likeness (QED) is 0.869. The van der Waals surface area contributed by atoms with Crippen LogP contribution in [0.5, 0.6) is 0 Å². The molecule has 1 radical (unpaired) electrons. The summed E-state index contributed by atoms with van der Waals surface area (Å²) in [5.74, 6) is 0. The lowest BCUT2D eigenvalue weighted by Gasteiger charge is -2.20. The molecule has 1 heterocycles. The van der Waals surface area contributed by atoms with E-state index in [1.807, 2.05) is 0 Å². The fourth-order valence-corrected chi connectivity index (χ4v) is 2.66. The first-order valence-corrected chi connectivity index (χ1v) is 6.17. The van der Waals surface area contributed by atoms with Crippen LogP contribution in [0.25, 0.3) is 10.8 Å². The Morgan fingerprint density at radius 2 is 2.06 bits per heavy atom. The molecule has 87 valence electrons. The molecule has 2 heteroatoms. The van der Waals surface area contributed by atoms with Crippen LogP contribution in [0.15, 0.2) is 36.4 Å². The fraction of sp³-hybridized carbons (Fsp3) is 0.267. The standard InChI is InChI=1S/C15H17N2/c16-9-3-10-17-11-8-13-7-6-12-4-1-2-5-14(12)15(13)17/h1-7H,8-11,16H2. The van der Waals surface area contributed by atoms with Crippen LogP contribution in [-0.2, 0) is 6.42 Å². The highest BCUT2D eigenvalue weighted by molar-refractivity contribution is 5.97. The molecule has 0 unspecified atom stereocenters. The summed E-state index contributed by atoms with van der Waals surface area (Å²) in [6.45, 7) is 2.72. The van der Waals surface area contributed by atoms with E-state index < -0.39 is 0 Å². The minimum absolute atomic E-state index is 0.649. The van der Waals surface area contributed by atoms with Crippen LogP contribution < -0.4 is 10.6 Å². The van der Waals surface area contributed by atoms with Gasteiger partial charge in [0.25, 0.3) is 0 Å². The Kier molecular flexibility index (Phi) is 2.73. The average molecular weight is 225 g/mol. The van der Waals surface area contributed by atoms with Crippen molar-refractivity contribution < 1.29 is 0 Å². The summed E-state index contributed by atoms with van der Waals surface area (Å²) in [7, 11) is 0. The average Bonchev–Trinajstić information content (AvgIpc) is 2.80. The van der Waals surface area contributed by atoms with Gasteiger partial charge in [-0.05, 0) is 30.3 Å². The van der Waals surface area contributed by atoms with Crippen molar-refractivity contribution in [3.8, 4) is 0 Å². The molecule has 2 aromatic carbocycles. The molecule has 0 spiro atoms. The van der Waals surface area contributed by atoms with Gasteiger partial charge >= 0.3 is 0 Å². The summed E-state index contributed by atoms with van der Waals surface area (Å²) < 4.78 is 0. The highest BCUT2D eigenvalue weighted by atomic mass is 15.1. The molecule has 0 aliphatic carbocycles. The van der Waals surface area contributed by atoms with Crippen molar-refractivity contribution >= 4 is 16.5 Å². The van der Waals surface area contributed by atoms with Crippen molar-refractivity contribution in [2.24, 2.45) is 5.73 Å². The Morgan fingerprint density at radius 1 is 1.18 bits per heavy atom. The number of fused-ring (bicyclic) bond motifs is 3. The van der Waals surface area contributed by atoms with Crippen LogP contribution in [0.3, 0.4) is 0 Å². The zero-order chi connectivity index (χ0) is 11.7. The number of nitrogens with two attached hydrogens (primary N) is 1. The van der Waals surface area contributed by atoms with Gasteiger partial charge in [0.15, 0.2) is 0 Å². The number of hydrogen-bond acceptors (Lipinski definition) is 2. The lowest BCUT2D eigenvalue weighted by molar-refractivity contribution is 0.861. The van der Waals surface area contributed by atoms with E-state index in [2.05, 4.69) is 47.7 Å². The first-order chi connectivity index (χ1) is 8.40. The topological polar surface area (TPSA) is 29.3 Å². The van der Waals surface area contributed by atoms with Gasteiger partial charge in [-0.1, -0.05) is 36.4 Å². The van der Waals surface area contributed by atoms with Crippen LogP contribution >= 0.6 is 0 Å². The SMILES string of the molecule is NC[CH]CN1CCc2ccc3ccccc3c21. The first-order valence-electron chi connectivity index (χ1n) is 6.17. The second-order valence-corrected chi connectivity index (χ2v) is 4.51. The minimum Gasteiger partial charge on any atom is -0.370 e. The van der Waals surface area contributed by atoms with E-state index >= 15 is 0 Å². The highest BCUT2D eigenvalue weighted by Crippen LogP contribution is 2.35. The molecule has 2 aromatic rings. The van der Waals surface area contributed by atoms with Crippen molar-refractivity contribution in [3.05, 3.63) is 48.4 Å². The third kappa shape index (κ3) is 1.79. The Hall–Kier alpha value is -1.54. The molecule has 0 saturated heterocycles. The smallest absolute Gasteiger partial charge is 0.0479 e. The number of benzene rings is 2. The third-order valence-corrected chi connectivity index (χ3v) is 3.47. The van der Waals surface area contributed by atoms with E-state index in [4.69, 9.17) is 5.73 Å². The van der Waals surface area contributed by atoms with E-state index in [0.29, 0.717) is 6.54 Å². The Bertz CT molecular complexity index is 533.